The number of rotatable bonds is 0. The van der Waals surface area contributed by atoms with Crippen LogP contribution in [0.3, 0.4) is 0 Å². The van der Waals surface area contributed by atoms with Crippen LogP contribution < -0.4 is 0 Å². The second-order valence-corrected chi connectivity index (χ2v) is 2.87. The van der Waals surface area contributed by atoms with E-state index in [9.17, 15) is 4.79 Å². The number of carbonyl (C=O) groups excluding carboxylic acids is 1. The van der Waals surface area contributed by atoms with Crippen molar-refractivity contribution in [1.82, 2.24) is 0 Å². The smallest absolute Gasteiger partial charge is 0.333 e. The van der Waals surface area contributed by atoms with Crippen LogP contribution in [0.2, 0.25) is 0 Å². The van der Waals surface area contributed by atoms with Crippen LogP contribution in [0.15, 0.2) is 12.2 Å². The molecule has 1 atom stereocenters. The Balaban J connectivity index is 2.10. The quantitative estimate of drug-likeness (QED) is 0.488. The van der Waals surface area contributed by atoms with Gasteiger partial charge < -0.3 is 9.47 Å². The third-order valence-electron chi connectivity index (χ3n) is 2.01. The number of hydrogen-bond acceptors (Lipinski definition) is 3. The minimum Gasteiger partial charge on any atom is -0.426 e. The molecule has 2 aliphatic rings. The van der Waals surface area contributed by atoms with E-state index >= 15 is 0 Å². The zero-order chi connectivity index (χ0) is 7.73. The van der Waals surface area contributed by atoms with E-state index in [0.29, 0.717) is 6.61 Å². The number of hydrogen-bond donors (Lipinski definition) is 0. The molecule has 1 spiro atoms. The van der Waals surface area contributed by atoms with Gasteiger partial charge in [-0.3, -0.25) is 0 Å². The Labute approximate surface area is 65.0 Å². The highest BCUT2D eigenvalue weighted by atomic mass is 16.7. The molecule has 0 radical (unpaired) electrons. The molecule has 3 nitrogen and oxygen atoms in total. The summed E-state index contributed by atoms with van der Waals surface area (Å²) in [5.74, 6) is -0.970. The number of esters is 1. The van der Waals surface area contributed by atoms with Gasteiger partial charge >= 0.3 is 5.97 Å². The summed E-state index contributed by atoms with van der Waals surface area (Å²) in [6.07, 6.45) is 6.08. The molecule has 1 fully saturated rings. The summed E-state index contributed by atoms with van der Waals surface area (Å²) in [6.45, 7) is 0.692. The van der Waals surface area contributed by atoms with Crippen molar-refractivity contribution >= 4 is 5.97 Å². The van der Waals surface area contributed by atoms with Crippen LogP contribution in [0.25, 0.3) is 0 Å². The Morgan fingerprint density at radius 2 is 2.36 bits per heavy atom. The second-order valence-electron chi connectivity index (χ2n) is 2.87. The van der Waals surface area contributed by atoms with Gasteiger partial charge in [-0.25, -0.2) is 4.79 Å². The fraction of sp³-hybridized carbons (Fsp3) is 0.625. The van der Waals surface area contributed by atoms with E-state index in [0.717, 1.165) is 19.3 Å². The van der Waals surface area contributed by atoms with Gasteiger partial charge in [0.25, 0.3) is 0 Å². The zero-order valence-corrected chi connectivity index (χ0v) is 6.21. The minimum atomic E-state index is -0.685. The predicted octanol–water partition coefficient (Wildman–Crippen LogP) is 0.996. The standard InChI is InChI=1S/C8H10O3/c9-7-3-5-8(11-7)4-1-2-6-10-8/h3,5H,1-2,4,6H2/t8-/m0/s1. The first-order chi connectivity index (χ1) is 5.31. The maximum atomic E-state index is 10.7. The molecule has 1 saturated heterocycles. The molecule has 0 unspecified atom stereocenters. The van der Waals surface area contributed by atoms with Gasteiger partial charge in [0.2, 0.25) is 5.79 Å². The lowest BCUT2D eigenvalue weighted by atomic mass is 10.1. The molecule has 2 aliphatic heterocycles. The Bertz CT molecular complexity index is 201. The van der Waals surface area contributed by atoms with Gasteiger partial charge in [0.1, 0.15) is 0 Å². The molecule has 2 heterocycles. The van der Waals surface area contributed by atoms with Crippen LogP contribution in [0, 0.1) is 0 Å². The van der Waals surface area contributed by atoms with Gasteiger partial charge in [-0.15, -0.1) is 0 Å². The molecule has 0 amide bonds. The Kier molecular flexibility index (Phi) is 1.46. The molecule has 2 rings (SSSR count). The van der Waals surface area contributed by atoms with E-state index in [2.05, 4.69) is 0 Å². The maximum absolute atomic E-state index is 10.7. The van der Waals surface area contributed by atoms with E-state index in [1.165, 1.54) is 6.08 Å². The molecule has 0 aromatic rings. The lowest BCUT2D eigenvalue weighted by Crippen LogP contribution is -2.35. The van der Waals surface area contributed by atoms with Crippen molar-refractivity contribution in [2.75, 3.05) is 6.61 Å². The van der Waals surface area contributed by atoms with E-state index in [1.807, 2.05) is 0 Å². The highest BCUT2D eigenvalue weighted by molar-refractivity contribution is 5.84. The summed E-state index contributed by atoms with van der Waals surface area (Å²) in [5, 5.41) is 0. The van der Waals surface area contributed by atoms with Gasteiger partial charge in [-0.1, -0.05) is 0 Å². The van der Waals surface area contributed by atoms with Crippen LogP contribution in [0.1, 0.15) is 19.3 Å². The van der Waals surface area contributed by atoms with Gasteiger partial charge in [-0.05, 0) is 18.9 Å². The molecule has 0 N–H and O–H groups in total. The van der Waals surface area contributed by atoms with Gasteiger partial charge in [0, 0.05) is 12.5 Å². The summed E-state index contributed by atoms with van der Waals surface area (Å²) in [5.41, 5.74) is 0. The average molecular weight is 154 g/mol. The largest absolute Gasteiger partial charge is 0.426 e. The van der Waals surface area contributed by atoms with Crippen molar-refractivity contribution < 1.29 is 14.3 Å². The number of ether oxygens (including phenoxy) is 2. The van der Waals surface area contributed by atoms with Gasteiger partial charge in [0.15, 0.2) is 0 Å². The highest BCUT2D eigenvalue weighted by Crippen LogP contribution is 2.31. The molecule has 0 aliphatic carbocycles. The molecule has 11 heavy (non-hydrogen) atoms. The van der Waals surface area contributed by atoms with Crippen LogP contribution in [-0.4, -0.2) is 18.4 Å². The third-order valence-corrected chi connectivity index (χ3v) is 2.01. The first-order valence-corrected chi connectivity index (χ1v) is 3.87. The Hall–Kier alpha value is -0.830. The fourth-order valence-electron chi connectivity index (χ4n) is 1.44. The van der Waals surface area contributed by atoms with Crippen LogP contribution >= 0.6 is 0 Å². The lowest BCUT2D eigenvalue weighted by molar-refractivity contribution is -0.210. The summed E-state index contributed by atoms with van der Waals surface area (Å²) in [6, 6.07) is 0. The van der Waals surface area contributed by atoms with Gasteiger partial charge in [0.05, 0.1) is 6.61 Å². The first-order valence-electron chi connectivity index (χ1n) is 3.87. The van der Waals surface area contributed by atoms with E-state index in [-0.39, 0.29) is 5.97 Å². The van der Waals surface area contributed by atoms with Crippen molar-refractivity contribution in [3.05, 3.63) is 12.2 Å². The van der Waals surface area contributed by atoms with E-state index in [1.54, 1.807) is 6.08 Å². The van der Waals surface area contributed by atoms with Crippen LogP contribution in [-0.2, 0) is 14.3 Å². The Morgan fingerprint density at radius 1 is 1.45 bits per heavy atom. The molecule has 0 bridgehead atoms. The second kappa shape index (κ2) is 2.34. The summed E-state index contributed by atoms with van der Waals surface area (Å²) in [4.78, 5) is 10.7. The van der Waals surface area contributed by atoms with E-state index < -0.39 is 5.79 Å². The topological polar surface area (TPSA) is 35.5 Å². The fourth-order valence-corrected chi connectivity index (χ4v) is 1.44. The van der Waals surface area contributed by atoms with Crippen molar-refractivity contribution in [3.63, 3.8) is 0 Å². The molecule has 0 aromatic carbocycles. The summed E-state index contributed by atoms with van der Waals surface area (Å²) in [7, 11) is 0. The predicted molar refractivity (Wildman–Crippen MR) is 37.8 cm³/mol. The molecule has 3 heteroatoms. The lowest BCUT2D eigenvalue weighted by Gasteiger charge is -2.30. The van der Waals surface area contributed by atoms with Crippen molar-refractivity contribution in [2.24, 2.45) is 0 Å². The van der Waals surface area contributed by atoms with Crippen LogP contribution in [0.5, 0.6) is 0 Å². The SMILES string of the molecule is O=C1C=C[C@]2(CCCCO2)O1. The third kappa shape index (κ3) is 1.16. The normalized spacial score (nSPS) is 36.2. The van der Waals surface area contributed by atoms with Gasteiger partial charge in [-0.2, -0.15) is 0 Å². The molecular weight excluding hydrogens is 144 g/mol. The van der Waals surface area contributed by atoms with Crippen LogP contribution in [0.4, 0.5) is 0 Å². The zero-order valence-electron chi connectivity index (χ0n) is 6.21. The highest BCUT2D eigenvalue weighted by Gasteiger charge is 2.38. The maximum Gasteiger partial charge on any atom is 0.333 e. The van der Waals surface area contributed by atoms with Crippen molar-refractivity contribution in [2.45, 2.75) is 25.0 Å². The average Bonchev–Trinajstić information content (AvgIpc) is 2.34. The van der Waals surface area contributed by atoms with E-state index in [4.69, 9.17) is 9.47 Å². The molecule has 0 aromatic heterocycles. The summed E-state index contributed by atoms with van der Waals surface area (Å²) >= 11 is 0. The molecular formula is C8H10O3. The minimum absolute atomic E-state index is 0.285. The Morgan fingerprint density at radius 3 is 2.91 bits per heavy atom. The van der Waals surface area contributed by atoms with Crippen molar-refractivity contribution in [1.29, 1.82) is 0 Å². The molecule has 60 valence electrons. The monoisotopic (exact) mass is 154 g/mol. The summed E-state index contributed by atoms with van der Waals surface area (Å²) < 4.78 is 10.4. The first kappa shape index (κ1) is 6.85. The molecule has 0 saturated carbocycles. The number of carbonyl (C=O) groups is 1. The van der Waals surface area contributed by atoms with Crippen molar-refractivity contribution in [3.8, 4) is 0 Å².